The number of rotatable bonds is 6. The van der Waals surface area contributed by atoms with Crippen LogP contribution in [0.4, 0.5) is 0 Å². The molecule has 25 heavy (non-hydrogen) atoms. The molecule has 0 atom stereocenters. The minimum Gasteiger partial charge on any atom is -0.379 e. The number of fused-ring (bicyclic) bond motifs is 1. The van der Waals surface area contributed by atoms with E-state index in [1.807, 2.05) is 30.5 Å². The topological polar surface area (TPSA) is 48.9 Å². The molecule has 1 heterocycles. The normalized spacial score (nSPS) is 15.5. The Balaban J connectivity index is 1.40. The van der Waals surface area contributed by atoms with Gasteiger partial charge in [0.1, 0.15) is 0 Å². The lowest BCUT2D eigenvalue weighted by molar-refractivity contribution is 0.0376. The van der Waals surface area contributed by atoms with Gasteiger partial charge < -0.3 is 10.1 Å². The summed E-state index contributed by atoms with van der Waals surface area (Å²) in [5.41, 5.74) is 3.96. The first-order chi connectivity index (χ1) is 12.3. The molecule has 2 N–H and O–H groups in total. The molecule has 0 aliphatic carbocycles. The van der Waals surface area contributed by atoms with Crippen molar-refractivity contribution in [3.63, 3.8) is 0 Å². The number of morpholine rings is 1. The minimum atomic E-state index is 0.554. The molecule has 1 aliphatic heterocycles. The maximum atomic E-state index is 5.35. The van der Waals surface area contributed by atoms with Crippen LogP contribution in [-0.2, 0) is 4.74 Å². The second-order valence-corrected chi connectivity index (χ2v) is 6.41. The van der Waals surface area contributed by atoms with Gasteiger partial charge in [-0.15, -0.1) is 0 Å². The summed E-state index contributed by atoms with van der Waals surface area (Å²) in [6.07, 6.45) is 2.86. The molecule has 1 aliphatic rings. The molecule has 2 aromatic carbocycles. The van der Waals surface area contributed by atoms with E-state index in [4.69, 9.17) is 17.0 Å². The van der Waals surface area contributed by atoms with Crippen LogP contribution in [0.2, 0.25) is 0 Å². The van der Waals surface area contributed by atoms with Crippen molar-refractivity contribution >= 4 is 34.3 Å². The molecule has 0 aromatic heterocycles. The summed E-state index contributed by atoms with van der Waals surface area (Å²) in [4.78, 5) is 2.42. The first-order valence-electron chi connectivity index (χ1n) is 8.68. The number of nitrogens with one attached hydrogen (secondary N) is 2. The molecule has 0 amide bonds. The van der Waals surface area contributed by atoms with E-state index in [0.717, 1.165) is 51.4 Å². The zero-order valence-corrected chi connectivity index (χ0v) is 15.1. The average Bonchev–Trinajstić information content (AvgIpc) is 2.66. The van der Waals surface area contributed by atoms with Crippen LogP contribution < -0.4 is 10.7 Å². The minimum absolute atomic E-state index is 0.554. The van der Waals surface area contributed by atoms with Gasteiger partial charge in [0, 0.05) is 25.2 Å². The first-order valence-corrected chi connectivity index (χ1v) is 9.08. The molecule has 6 heteroatoms. The molecule has 3 rings (SSSR count). The summed E-state index contributed by atoms with van der Waals surface area (Å²) < 4.78 is 5.35. The zero-order valence-electron chi connectivity index (χ0n) is 14.3. The van der Waals surface area contributed by atoms with E-state index in [0.29, 0.717) is 5.11 Å². The second kappa shape index (κ2) is 9.46. The Kier molecular flexibility index (Phi) is 6.73. The van der Waals surface area contributed by atoms with Gasteiger partial charge in [0.25, 0.3) is 0 Å². The fraction of sp³-hybridized carbons (Fsp3) is 0.368. The zero-order chi connectivity index (χ0) is 17.3. The fourth-order valence-corrected chi connectivity index (χ4v) is 3.05. The Morgan fingerprint density at radius 2 is 1.96 bits per heavy atom. The predicted molar refractivity (Wildman–Crippen MR) is 107 cm³/mol. The highest BCUT2D eigenvalue weighted by molar-refractivity contribution is 7.80. The molecular weight excluding hydrogens is 332 g/mol. The molecule has 1 fully saturated rings. The van der Waals surface area contributed by atoms with E-state index in [1.165, 1.54) is 10.8 Å². The lowest BCUT2D eigenvalue weighted by Crippen LogP contribution is -2.39. The lowest BCUT2D eigenvalue weighted by atomic mass is 10.1. The third-order valence-electron chi connectivity index (χ3n) is 4.23. The molecule has 2 aromatic rings. The highest BCUT2D eigenvalue weighted by atomic mass is 32.1. The number of hydrogen-bond donors (Lipinski definition) is 2. The van der Waals surface area contributed by atoms with Crippen LogP contribution in [-0.4, -0.2) is 55.6 Å². The van der Waals surface area contributed by atoms with Crippen LogP contribution in [0.1, 0.15) is 12.0 Å². The van der Waals surface area contributed by atoms with Crippen molar-refractivity contribution in [2.75, 3.05) is 39.4 Å². The first kappa shape index (κ1) is 17.8. The summed E-state index contributed by atoms with van der Waals surface area (Å²) in [6, 6.07) is 14.4. The number of benzene rings is 2. The fourth-order valence-electron chi connectivity index (χ4n) is 2.89. The third kappa shape index (κ3) is 5.49. The number of hydrazone groups is 1. The molecule has 1 saturated heterocycles. The van der Waals surface area contributed by atoms with Crippen molar-refractivity contribution in [2.24, 2.45) is 5.10 Å². The van der Waals surface area contributed by atoms with Gasteiger partial charge in [-0.2, -0.15) is 5.10 Å². The monoisotopic (exact) mass is 356 g/mol. The molecule has 5 nitrogen and oxygen atoms in total. The summed E-state index contributed by atoms with van der Waals surface area (Å²) in [5.74, 6) is 0. The highest BCUT2D eigenvalue weighted by Gasteiger charge is 2.09. The van der Waals surface area contributed by atoms with Gasteiger partial charge in [0.2, 0.25) is 0 Å². The van der Waals surface area contributed by atoms with Gasteiger partial charge in [0.05, 0.1) is 19.4 Å². The van der Waals surface area contributed by atoms with Crippen LogP contribution in [0, 0.1) is 0 Å². The molecule has 0 bridgehead atoms. The Bertz CT molecular complexity index is 723. The predicted octanol–water partition coefficient (Wildman–Crippen LogP) is 2.36. The van der Waals surface area contributed by atoms with Gasteiger partial charge in [-0.1, -0.05) is 42.5 Å². The molecular formula is C19H24N4OS. The largest absolute Gasteiger partial charge is 0.379 e. The number of nitrogens with zero attached hydrogens (tertiary/aromatic N) is 2. The van der Waals surface area contributed by atoms with Gasteiger partial charge >= 0.3 is 0 Å². The summed E-state index contributed by atoms with van der Waals surface area (Å²) >= 11 is 5.27. The second-order valence-electron chi connectivity index (χ2n) is 6.00. The van der Waals surface area contributed by atoms with Crippen molar-refractivity contribution in [3.05, 3.63) is 48.0 Å². The van der Waals surface area contributed by atoms with Crippen molar-refractivity contribution < 1.29 is 4.74 Å². The van der Waals surface area contributed by atoms with Gasteiger partial charge in [-0.25, -0.2) is 0 Å². The van der Waals surface area contributed by atoms with Gasteiger partial charge in [-0.05, 0) is 36.0 Å². The van der Waals surface area contributed by atoms with E-state index in [2.05, 4.69) is 38.9 Å². The van der Waals surface area contributed by atoms with Crippen molar-refractivity contribution in [1.82, 2.24) is 15.6 Å². The van der Waals surface area contributed by atoms with E-state index in [-0.39, 0.29) is 0 Å². The number of ether oxygens (including phenoxy) is 1. The van der Waals surface area contributed by atoms with Crippen LogP contribution in [0.5, 0.6) is 0 Å². The van der Waals surface area contributed by atoms with E-state index in [9.17, 15) is 0 Å². The lowest BCUT2D eigenvalue weighted by Gasteiger charge is -2.26. The standard InChI is InChI=1S/C19H24N4OS/c25-19(20-9-4-10-23-11-13-24-14-12-23)22-21-15-17-7-3-6-16-5-1-2-8-18(16)17/h1-3,5-8,15H,4,9-14H2,(H2,20,22,25)/b21-15-. The third-order valence-corrected chi connectivity index (χ3v) is 4.47. The highest BCUT2D eigenvalue weighted by Crippen LogP contribution is 2.16. The van der Waals surface area contributed by atoms with Crippen LogP contribution in [0.25, 0.3) is 10.8 Å². The number of hydrogen-bond acceptors (Lipinski definition) is 4. The van der Waals surface area contributed by atoms with Gasteiger partial charge in [-0.3, -0.25) is 10.3 Å². The summed E-state index contributed by atoms with van der Waals surface area (Å²) in [7, 11) is 0. The molecule has 0 spiro atoms. The van der Waals surface area contributed by atoms with Crippen molar-refractivity contribution in [3.8, 4) is 0 Å². The maximum Gasteiger partial charge on any atom is 0.186 e. The molecule has 0 radical (unpaired) electrons. The molecule has 0 saturated carbocycles. The van der Waals surface area contributed by atoms with Crippen LogP contribution in [0.3, 0.4) is 0 Å². The summed E-state index contributed by atoms with van der Waals surface area (Å²) in [5, 5.41) is 10.4. The van der Waals surface area contributed by atoms with Crippen LogP contribution in [0.15, 0.2) is 47.6 Å². The number of thiocarbonyl (C=S) groups is 1. The Labute approximate surface area is 154 Å². The van der Waals surface area contributed by atoms with E-state index < -0.39 is 0 Å². The maximum absolute atomic E-state index is 5.35. The van der Waals surface area contributed by atoms with Gasteiger partial charge in [0.15, 0.2) is 5.11 Å². The quantitative estimate of drug-likeness (QED) is 0.360. The summed E-state index contributed by atoms with van der Waals surface area (Å²) in [6.45, 7) is 5.65. The van der Waals surface area contributed by atoms with Crippen LogP contribution >= 0.6 is 12.2 Å². The van der Waals surface area contributed by atoms with E-state index in [1.54, 1.807) is 0 Å². The SMILES string of the molecule is S=C(NCCCN1CCOCC1)N/N=C\c1cccc2ccccc12. The molecule has 0 unspecified atom stereocenters. The Morgan fingerprint density at radius 1 is 1.16 bits per heavy atom. The Hall–Kier alpha value is -2.02. The van der Waals surface area contributed by atoms with E-state index >= 15 is 0 Å². The average molecular weight is 356 g/mol. The molecule has 132 valence electrons. The van der Waals surface area contributed by atoms with Crippen molar-refractivity contribution in [1.29, 1.82) is 0 Å². The Morgan fingerprint density at radius 3 is 2.84 bits per heavy atom. The van der Waals surface area contributed by atoms with Crippen molar-refractivity contribution in [2.45, 2.75) is 6.42 Å². The smallest absolute Gasteiger partial charge is 0.186 e.